The fourth-order valence-electron chi connectivity index (χ4n) is 3.45. The lowest BCUT2D eigenvalue weighted by atomic mass is 9.89. The molecule has 2 heteroatoms. The van der Waals surface area contributed by atoms with Gasteiger partial charge in [-0.15, -0.1) is 6.58 Å². The second-order valence-electron chi connectivity index (χ2n) is 6.92. The molecule has 0 amide bonds. The molecule has 2 nitrogen and oxygen atoms in total. The summed E-state index contributed by atoms with van der Waals surface area (Å²) in [4.78, 5) is 7.61. The van der Waals surface area contributed by atoms with Crippen LogP contribution in [0.2, 0.25) is 0 Å². The Hall–Kier alpha value is -1.15. The maximum Gasteiger partial charge on any atom is 0.0582 e. The van der Waals surface area contributed by atoms with Gasteiger partial charge in [-0.25, -0.2) is 0 Å². The van der Waals surface area contributed by atoms with Gasteiger partial charge in [0.1, 0.15) is 0 Å². The van der Waals surface area contributed by atoms with Crippen LogP contribution in [0.15, 0.2) is 24.8 Å². The first-order valence-corrected chi connectivity index (χ1v) is 8.98. The first kappa shape index (κ1) is 17.2. The quantitative estimate of drug-likeness (QED) is 0.609. The van der Waals surface area contributed by atoms with Crippen molar-refractivity contribution in [1.29, 1.82) is 0 Å². The molecular weight excluding hydrogens is 268 g/mol. The Kier molecular flexibility index (Phi) is 6.63. The summed E-state index contributed by atoms with van der Waals surface area (Å²) >= 11 is 0. The van der Waals surface area contributed by atoms with Crippen molar-refractivity contribution in [3.8, 4) is 0 Å². The van der Waals surface area contributed by atoms with Crippen LogP contribution in [-0.2, 0) is 6.54 Å². The third kappa shape index (κ3) is 4.42. The van der Waals surface area contributed by atoms with E-state index in [0.29, 0.717) is 11.8 Å². The molecule has 2 heterocycles. The zero-order valence-corrected chi connectivity index (χ0v) is 14.6. The Balaban J connectivity index is 2.30. The van der Waals surface area contributed by atoms with Gasteiger partial charge in [0, 0.05) is 12.2 Å². The summed E-state index contributed by atoms with van der Waals surface area (Å²) in [7, 11) is 0. The minimum atomic E-state index is 0.496. The molecular formula is C20H32N2. The zero-order chi connectivity index (χ0) is 15.9. The summed E-state index contributed by atoms with van der Waals surface area (Å²) < 4.78 is 0. The van der Waals surface area contributed by atoms with E-state index in [4.69, 9.17) is 4.98 Å². The van der Waals surface area contributed by atoms with Gasteiger partial charge in [0.2, 0.25) is 0 Å². The van der Waals surface area contributed by atoms with Crippen LogP contribution in [0.1, 0.15) is 81.7 Å². The van der Waals surface area contributed by atoms with Gasteiger partial charge in [0.25, 0.3) is 0 Å². The van der Waals surface area contributed by atoms with Gasteiger partial charge in [0.05, 0.1) is 5.69 Å². The normalized spacial score (nSPS) is 17.1. The second kappa shape index (κ2) is 8.47. The predicted molar refractivity (Wildman–Crippen MR) is 95.3 cm³/mol. The van der Waals surface area contributed by atoms with E-state index in [0.717, 1.165) is 13.0 Å². The molecule has 1 atom stereocenters. The third-order valence-corrected chi connectivity index (χ3v) is 4.72. The van der Waals surface area contributed by atoms with E-state index in [1.807, 2.05) is 0 Å². The largest absolute Gasteiger partial charge is 0.298 e. The van der Waals surface area contributed by atoms with Crippen molar-refractivity contribution in [3.63, 3.8) is 0 Å². The van der Waals surface area contributed by atoms with Crippen molar-refractivity contribution in [3.05, 3.63) is 41.7 Å². The van der Waals surface area contributed by atoms with E-state index in [1.54, 1.807) is 0 Å². The monoisotopic (exact) mass is 300 g/mol. The van der Waals surface area contributed by atoms with E-state index in [9.17, 15) is 0 Å². The van der Waals surface area contributed by atoms with E-state index < -0.39 is 0 Å². The van der Waals surface area contributed by atoms with Crippen LogP contribution < -0.4 is 0 Å². The summed E-state index contributed by atoms with van der Waals surface area (Å²) in [5, 5.41) is 0. The van der Waals surface area contributed by atoms with Gasteiger partial charge in [-0.1, -0.05) is 39.3 Å². The highest BCUT2D eigenvalue weighted by Gasteiger charge is 2.19. The summed E-state index contributed by atoms with van der Waals surface area (Å²) in [5.74, 6) is 1.07. The number of allylic oxidation sites excluding steroid dienone is 1. The van der Waals surface area contributed by atoms with E-state index in [-0.39, 0.29) is 0 Å². The topological polar surface area (TPSA) is 16.1 Å². The van der Waals surface area contributed by atoms with Crippen LogP contribution in [0.3, 0.4) is 0 Å². The zero-order valence-electron chi connectivity index (χ0n) is 14.6. The second-order valence-corrected chi connectivity index (χ2v) is 6.92. The fourth-order valence-corrected chi connectivity index (χ4v) is 3.45. The SMILES string of the molecule is C=CC[C@H](CCC)c1ccc(C(C)C)nc1CN1CCCC1. The highest BCUT2D eigenvalue weighted by atomic mass is 15.1. The Bertz CT molecular complexity index is 473. The van der Waals surface area contributed by atoms with Gasteiger partial charge < -0.3 is 0 Å². The first-order chi connectivity index (χ1) is 10.7. The standard InChI is InChI=1S/C20H32N2/c1-5-9-17(10-6-2)18-11-12-19(16(3)4)21-20(18)15-22-13-7-8-14-22/h5,11-12,16-17H,1,6-10,13-15H2,2-4H3/t17-/m1/s1. The van der Waals surface area contributed by atoms with Crippen molar-refractivity contribution >= 4 is 0 Å². The number of pyridine rings is 1. The lowest BCUT2D eigenvalue weighted by Gasteiger charge is -2.23. The summed E-state index contributed by atoms with van der Waals surface area (Å²) in [6.07, 6.45) is 8.24. The average molecular weight is 300 g/mol. The van der Waals surface area contributed by atoms with E-state index in [2.05, 4.69) is 50.5 Å². The number of hydrogen-bond donors (Lipinski definition) is 0. The molecule has 0 bridgehead atoms. The highest BCUT2D eigenvalue weighted by Crippen LogP contribution is 2.30. The lowest BCUT2D eigenvalue weighted by molar-refractivity contribution is 0.324. The van der Waals surface area contributed by atoms with Gasteiger partial charge in [-0.05, 0) is 62.2 Å². The molecule has 2 rings (SSSR count). The van der Waals surface area contributed by atoms with E-state index in [1.165, 1.54) is 55.7 Å². The van der Waals surface area contributed by atoms with Crippen molar-refractivity contribution < 1.29 is 0 Å². The molecule has 1 aliphatic heterocycles. The minimum absolute atomic E-state index is 0.496. The third-order valence-electron chi connectivity index (χ3n) is 4.72. The molecule has 0 aromatic carbocycles. The number of likely N-dealkylation sites (tertiary alicyclic amines) is 1. The van der Waals surface area contributed by atoms with Crippen LogP contribution in [0.5, 0.6) is 0 Å². The van der Waals surface area contributed by atoms with Crippen molar-refractivity contribution in [2.45, 2.75) is 71.3 Å². The molecule has 0 N–H and O–H groups in total. The number of hydrogen-bond acceptors (Lipinski definition) is 2. The molecule has 1 saturated heterocycles. The Morgan fingerprint density at radius 1 is 1.27 bits per heavy atom. The van der Waals surface area contributed by atoms with Crippen LogP contribution in [0, 0.1) is 0 Å². The Morgan fingerprint density at radius 2 is 2.00 bits per heavy atom. The minimum Gasteiger partial charge on any atom is -0.298 e. The molecule has 0 radical (unpaired) electrons. The smallest absolute Gasteiger partial charge is 0.0582 e. The number of nitrogens with zero attached hydrogens (tertiary/aromatic N) is 2. The lowest BCUT2D eigenvalue weighted by Crippen LogP contribution is -2.21. The molecule has 0 spiro atoms. The Morgan fingerprint density at radius 3 is 2.59 bits per heavy atom. The highest BCUT2D eigenvalue weighted by molar-refractivity contribution is 5.28. The van der Waals surface area contributed by atoms with Crippen LogP contribution in [-0.4, -0.2) is 23.0 Å². The van der Waals surface area contributed by atoms with Gasteiger partial charge >= 0.3 is 0 Å². The molecule has 0 unspecified atom stereocenters. The summed E-state index contributed by atoms with van der Waals surface area (Å²) in [6.45, 7) is 14.2. The molecule has 1 aromatic rings. The summed E-state index contributed by atoms with van der Waals surface area (Å²) in [6, 6.07) is 4.58. The van der Waals surface area contributed by atoms with Crippen LogP contribution in [0.4, 0.5) is 0 Å². The molecule has 1 fully saturated rings. The molecule has 122 valence electrons. The predicted octanol–water partition coefficient (Wildman–Crippen LogP) is 5.26. The Labute approximate surface area is 136 Å². The average Bonchev–Trinajstić information content (AvgIpc) is 3.00. The first-order valence-electron chi connectivity index (χ1n) is 8.98. The van der Waals surface area contributed by atoms with Crippen molar-refractivity contribution in [2.75, 3.05) is 13.1 Å². The molecule has 0 aliphatic carbocycles. The summed E-state index contributed by atoms with van der Waals surface area (Å²) in [5.41, 5.74) is 4.00. The van der Waals surface area contributed by atoms with Crippen molar-refractivity contribution in [1.82, 2.24) is 9.88 Å². The van der Waals surface area contributed by atoms with Crippen LogP contribution in [0.25, 0.3) is 0 Å². The van der Waals surface area contributed by atoms with Crippen LogP contribution >= 0.6 is 0 Å². The molecule has 22 heavy (non-hydrogen) atoms. The maximum absolute atomic E-state index is 5.05. The fraction of sp³-hybridized carbons (Fsp3) is 0.650. The number of aromatic nitrogens is 1. The molecule has 1 aromatic heterocycles. The molecule has 0 saturated carbocycles. The van der Waals surface area contributed by atoms with Crippen molar-refractivity contribution in [2.24, 2.45) is 0 Å². The number of rotatable bonds is 8. The molecule has 1 aliphatic rings. The maximum atomic E-state index is 5.05. The van der Waals surface area contributed by atoms with Gasteiger partial charge in [0.15, 0.2) is 0 Å². The van der Waals surface area contributed by atoms with Gasteiger partial charge in [-0.2, -0.15) is 0 Å². The van der Waals surface area contributed by atoms with E-state index >= 15 is 0 Å². The van der Waals surface area contributed by atoms with Gasteiger partial charge in [-0.3, -0.25) is 9.88 Å².